The minimum Gasteiger partial charge on any atom is -0.300 e. The van der Waals surface area contributed by atoms with E-state index in [4.69, 9.17) is 0 Å². The molecule has 2 rings (SSSR count). The maximum absolute atomic E-state index is 11.6. The molecule has 2 bridgehead atoms. The zero-order chi connectivity index (χ0) is 11.7. The molecule has 2 aliphatic rings. The van der Waals surface area contributed by atoms with Gasteiger partial charge in [0, 0.05) is 12.8 Å². The smallest absolute Gasteiger partial charge is 0.132 e. The maximum atomic E-state index is 11.6. The fourth-order valence-electron chi connectivity index (χ4n) is 3.29. The number of hydrogen-bond acceptors (Lipinski definition) is 1. The molecule has 0 amide bonds. The van der Waals surface area contributed by atoms with Crippen molar-refractivity contribution >= 4 is 5.78 Å². The Hall–Kier alpha value is -0.850. The highest BCUT2D eigenvalue weighted by molar-refractivity contribution is 5.78. The molecular formula is C15H22O. The zero-order valence-corrected chi connectivity index (χ0v) is 10.6. The van der Waals surface area contributed by atoms with Gasteiger partial charge in [0.05, 0.1) is 0 Å². The summed E-state index contributed by atoms with van der Waals surface area (Å²) in [7, 11) is 0. The van der Waals surface area contributed by atoms with Gasteiger partial charge >= 0.3 is 0 Å². The number of hydrogen-bond donors (Lipinski definition) is 0. The quantitative estimate of drug-likeness (QED) is 0.657. The van der Waals surface area contributed by atoms with Crippen LogP contribution in [-0.2, 0) is 4.79 Å². The van der Waals surface area contributed by atoms with Gasteiger partial charge in [-0.3, -0.25) is 4.79 Å². The molecule has 2 aliphatic carbocycles. The molecule has 1 saturated carbocycles. The second-order valence-electron chi connectivity index (χ2n) is 5.53. The average molecular weight is 218 g/mol. The molecule has 0 saturated heterocycles. The van der Waals surface area contributed by atoms with Gasteiger partial charge in [-0.1, -0.05) is 30.7 Å². The third-order valence-electron chi connectivity index (χ3n) is 4.07. The van der Waals surface area contributed by atoms with Crippen LogP contribution < -0.4 is 0 Å². The molecule has 0 N–H and O–H groups in total. The average Bonchev–Trinajstić information content (AvgIpc) is 2.80. The van der Waals surface area contributed by atoms with Gasteiger partial charge < -0.3 is 0 Å². The van der Waals surface area contributed by atoms with Crippen molar-refractivity contribution in [3.8, 4) is 0 Å². The highest BCUT2D eigenvalue weighted by Crippen LogP contribution is 2.50. The molecule has 0 aromatic carbocycles. The van der Waals surface area contributed by atoms with Crippen LogP contribution in [0.25, 0.3) is 0 Å². The predicted octanol–water partition coefficient (Wildman–Crippen LogP) is 3.76. The van der Waals surface area contributed by atoms with Crippen LogP contribution in [0.5, 0.6) is 0 Å². The molecule has 4 atom stereocenters. The van der Waals surface area contributed by atoms with E-state index in [1.165, 1.54) is 12.0 Å². The number of fused-ring (bicyclic) bond motifs is 2. The lowest BCUT2D eigenvalue weighted by Gasteiger charge is -2.25. The Morgan fingerprint density at radius 1 is 1.31 bits per heavy atom. The van der Waals surface area contributed by atoms with Crippen molar-refractivity contribution < 1.29 is 4.79 Å². The summed E-state index contributed by atoms with van der Waals surface area (Å²) in [5.74, 6) is 3.00. The maximum Gasteiger partial charge on any atom is 0.132 e. The van der Waals surface area contributed by atoms with Crippen molar-refractivity contribution in [3.05, 3.63) is 23.8 Å². The van der Waals surface area contributed by atoms with Gasteiger partial charge in [-0.15, -0.1) is 0 Å². The van der Waals surface area contributed by atoms with Crippen molar-refractivity contribution in [1.82, 2.24) is 0 Å². The van der Waals surface area contributed by atoms with Gasteiger partial charge in [0.2, 0.25) is 0 Å². The second kappa shape index (κ2) is 4.57. The zero-order valence-electron chi connectivity index (χ0n) is 10.6. The van der Waals surface area contributed by atoms with Crippen LogP contribution in [-0.4, -0.2) is 5.78 Å². The molecule has 0 spiro atoms. The van der Waals surface area contributed by atoms with Gasteiger partial charge in [-0.25, -0.2) is 0 Å². The van der Waals surface area contributed by atoms with Crippen molar-refractivity contribution in [3.63, 3.8) is 0 Å². The van der Waals surface area contributed by atoms with Gasteiger partial charge in [0.25, 0.3) is 0 Å². The summed E-state index contributed by atoms with van der Waals surface area (Å²) < 4.78 is 0. The predicted molar refractivity (Wildman–Crippen MR) is 67.1 cm³/mol. The first-order valence-electron chi connectivity index (χ1n) is 6.47. The van der Waals surface area contributed by atoms with Crippen LogP contribution in [0.2, 0.25) is 0 Å². The Kier molecular flexibility index (Phi) is 3.32. The molecule has 0 aromatic rings. The van der Waals surface area contributed by atoms with E-state index in [0.29, 0.717) is 35.9 Å². The van der Waals surface area contributed by atoms with Gasteiger partial charge in [-0.05, 0) is 43.9 Å². The van der Waals surface area contributed by atoms with Crippen LogP contribution in [0, 0.1) is 23.7 Å². The molecule has 88 valence electrons. The molecule has 0 radical (unpaired) electrons. The molecule has 4 unspecified atom stereocenters. The lowest BCUT2D eigenvalue weighted by atomic mass is 9.79. The highest BCUT2D eigenvalue weighted by Gasteiger charge is 2.43. The molecule has 0 heterocycles. The molecular weight excluding hydrogens is 196 g/mol. The first-order chi connectivity index (χ1) is 7.61. The van der Waals surface area contributed by atoms with E-state index in [0.717, 1.165) is 6.42 Å². The third-order valence-corrected chi connectivity index (χ3v) is 4.07. The van der Waals surface area contributed by atoms with Crippen LogP contribution >= 0.6 is 0 Å². The van der Waals surface area contributed by atoms with Gasteiger partial charge in [-0.2, -0.15) is 0 Å². The van der Waals surface area contributed by atoms with Crippen LogP contribution in [0.1, 0.15) is 40.0 Å². The number of rotatable bonds is 4. The minimum atomic E-state index is 0.429. The van der Waals surface area contributed by atoms with Gasteiger partial charge in [0.1, 0.15) is 5.78 Å². The standard InChI is InChI=1S/C15H22O/c1-4-13(16)9-15-12-6-5-11(8-12)14(15)7-10(2)3/h5-7,11-12,14-15H,4,8-9H2,1-3H3. The Balaban J connectivity index is 2.12. The van der Waals surface area contributed by atoms with E-state index in [2.05, 4.69) is 32.1 Å². The fourth-order valence-corrected chi connectivity index (χ4v) is 3.29. The summed E-state index contributed by atoms with van der Waals surface area (Å²) in [6, 6.07) is 0. The van der Waals surface area contributed by atoms with Crippen molar-refractivity contribution in [1.29, 1.82) is 0 Å². The summed E-state index contributed by atoms with van der Waals surface area (Å²) in [4.78, 5) is 11.6. The summed E-state index contributed by atoms with van der Waals surface area (Å²) >= 11 is 0. The van der Waals surface area contributed by atoms with Crippen LogP contribution in [0.3, 0.4) is 0 Å². The van der Waals surface area contributed by atoms with E-state index >= 15 is 0 Å². The van der Waals surface area contributed by atoms with Crippen molar-refractivity contribution in [2.24, 2.45) is 23.7 Å². The summed E-state index contributed by atoms with van der Waals surface area (Å²) in [6.07, 6.45) is 9.85. The van der Waals surface area contributed by atoms with E-state index in [-0.39, 0.29) is 0 Å². The second-order valence-corrected chi connectivity index (χ2v) is 5.53. The fraction of sp³-hybridized carbons (Fsp3) is 0.667. The van der Waals surface area contributed by atoms with Gasteiger partial charge in [0.15, 0.2) is 0 Å². The molecule has 0 aliphatic heterocycles. The van der Waals surface area contributed by atoms with Crippen LogP contribution in [0.15, 0.2) is 23.8 Å². The molecule has 0 aromatic heterocycles. The Morgan fingerprint density at radius 2 is 2.00 bits per heavy atom. The van der Waals surface area contributed by atoms with E-state index in [1.54, 1.807) is 0 Å². The minimum absolute atomic E-state index is 0.429. The normalized spacial score (nSPS) is 35.4. The Bertz CT molecular complexity index is 333. The first-order valence-corrected chi connectivity index (χ1v) is 6.47. The Labute approximate surface area is 98.6 Å². The third kappa shape index (κ3) is 2.14. The van der Waals surface area contributed by atoms with Crippen molar-refractivity contribution in [2.45, 2.75) is 40.0 Å². The molecule has 1 nitrogen and oxygen atoms in total. The number of allylic oxidation sites excluding steroid dienone is 4. The first kappa shape index (κ1) is 11.6. The summed E-state index contributed by atoms with van der Waals surface area (Å²) in [6.45, 7) is 6.30. The largest absolute Gasteiger partial charge is 0.300 e. The number of carbonyl (C=O) groups is 1. The van der Waals surface area contributed by atoms with Crippen LogP contribution in [0.4, 0.5) is 0 Å². The SMILES string of the molecule is CCC(=O)CC1C2C=CC(C2)C1C=C(C)C. The topological polar surface area (TPSA) is 17.1 Å². The monoisotopic (exact) mass is 218 g/mol. The van der Waals surface area contributed by atoms with Crippen molar-refractivity contribution in [2.75, 3.05) is 0 Å². The molecule has 16 heavy (non-hydrogen) atoms. The number of carbonyl (C=O) groups excluding carboxylic acids is 1. The Morgan fingerprint density at radius 3 is 2.62 bits per heavy atom. The molecule has 1 heteroatoms. The summed E-state index contributed by atoms with van der Waals surface area (Å²) in [5, 5.41) is 0. The summed E-state index contributed by atoms with van der Waals surface area (Å²) in [5.41, 5.74) is 1.39. The highest BCUT2D eigenvalue weighted by atomic mass is 16.1. The molecule has 1 fully saturated rings. The lowest BCUT2D eigenvalue weighted by Crippen LogP contribution is -2.21. The number of ketones is 1. The van der Waals surface area contributed by atoms with E-state index in [9.17, 15) is 4.79 Å². The van der Waals surface area contributed by atoms with E-state index < -0.39 is 0 Å². The lowest BCUT2D eigenvalue weighted by molar-refractivity contribution is -0.120. The van der Waals surface area contributed by atoms with E-state index in [1.807, 2.05) is 6.92 Å². The number of Topliss-reactive ketones (excluding diaryl/α,β-unsaturated/α-hetero) is 1.